The van der Waals surface area contributed by atoms with Gasteiger partial charge >= 0.3 is 0 Å². The van der Waals surface area contributed by atoms with Gasteiger partial charge in [0.1, 0.15) is 6.23 Å². The number of aryl methyl sites for hydroxylation is 2. The number of fused-ring (bicyclic) bond motifs is 1. The molecule has 0 fully saturated rings. The average Bonchev–Trinajstić information content (AvgIpc) is 2.96. The smallest absolute Gasteiger partial charge is 0.222 e. The van der Waals surface area contributed by atoms with Crippen LogP contribution >= 0.6 is 0 Å². The lowest BCUT2D eigenvalue weighted by molar-refractivity contribution is 0.0982. The van der Waals surface area contributed by atoms with Gasteiger partial charge in [0.15, 0.2) is 0 Å². The van der Waals surface area contributed by atoms with Crippen LogP contribution < -0.4 is 4.74 Å². The van der Waals surface area contributed by atoms with Gasteiger partial charge in [-0.1, -0.05) is 27.2 Å². The van der Waals surface area contributed by atoms with Gasteiger partial charge in [-0.25, -0.2) is 9.97 Å². The maximum Gasteiger partial charge on any atom is 0.222 e. The van der Waals surface area contributed by atoms with Gasteiger partial charge in [-0.05, 0) is 55.5 Å². The van der Waals surface area contributed by atoms with Crippen molar-refractivity contribution in [2.24, 2.45) is 0 Å². The fourth-order valence-corrected chi connectivity index (χ4v) is 3.45. The molecule has 3 aromatic heterocycles. The highest BCUT2D eigenvalue weighted by Crippen LogP contribution is 2.34. The Balaban J connectivity index is 2.17. The van der Waals surface area contributed by atoms with Gasteiger partial charge in [-0.3, -0.25) is 0 Å². The third-order valence-corrected chi connectivity index (χ3v) is 4.97. The number of pyridine rings is 2. The van der Waals surface area contributed by atoms with Gasteiger partial charge in [0, 0.05) is 11.9 Å². The Hall–Kier alpha value is -2.40. The van der Waals surface area contributed by atoms with E-state index in [9.17, 15) is 5.11 Å². The quantitative estimate of drug-likeness (QED) is 0.655. The second kappa shape index (κ2) is 7.69. The topological polar surface area (TPSA) is 60.2 Å². The van der Waals surface area contributed by atoms with E-state index in [1.165, 1.54) is 0 Å². The Morgan fingerprint density at radius 3 is 2.52 bits per heavy atom. The van der Waals surface area contributed by atoms with Crippen LogP contribution in [0.3, 0.4) is 0 Å². The third-order valence-electron chi connectivity index (χ3n) is 4.97. The molecule has 0 amide bonds. The van der Waals surface area contributed by atoms with Gasteiger partial charge in [0.25, 0.3) is 0 Å². The van der Waals surface area contributed by atoms with Crippen LogP contribution in [-0.4, -0.2) is 26.8 Å². The molecule has 144 valence electrons. The van der Waals surface area contributed by atoms with Crippen molar-refractivity contribution in [3.05, 3.63) is 41.2 Å². The van der Waals surface area contributed by atoms with Crippen molar-refractivity contribution >= 4 is 11.0 Å². The predicted molar refractivity (Wildman–Crippen MR) is 109 cm³/mol. The Morgan fingerprint density at radius 1 is 1.15 bits per heavy atom. The highest BCUT2D eigenvalue weighted by atomic mass is 16.5. The van der Waals surface area contributed by atoms with Crippen molar-refractivity contribution in [3.8, 4) is 17.1 Å². The molecular weight excluding hydrogens is 338 g/mol. The van der Waals surface area contributed by atoms with Gasteiger partial charge < -0.3 is 14.4 Å². The lowest BCUT2D eigenvalue weighted by Crippen LogP contribution is -2.06. The standard InChI is InChI=1S/C22H29N3O2/c1-7-8-19(26)25-12-15(5)21-18(25)11-14(4)20(24-21)16-9-10-17(13(2)3)23-22(16)27-6/h9-13,19,26H,7-8H2,1-6H3. The summed E-state index contributed by atoms with van der Waals surface area (Å²) in [6.45, 7) is 10.4. The lowest BCUT2D eigenvalue weighted by atomic mass is 10.0. The number of nitrogens with zero attached hydrogens (tertiary/aromatic N) is 3. The first kappa shape index (κ1) is 19.4. The van der Waals surface area contributed by atoms with E-state index in [0.29, 0.717) is 11.8 Å². The number of ether oxygens (including phenoxy) is 1. The Morgan fingerprint density at radius 2 is 1.89 bits per heavy atom. The highest BCUT2D eigenvalue weighted by Gasteiger charge is 2.18. The lowest BCUT2D eigenvalue weighted by Gasteiger charge is -2.15. The van der Waals surface area contributed by atoms with Crippen LogP contribution in [0.2, 0.25) is 0 Å². The molecule has 0 radical (unpaired) electrons. The van der Waals surface area contributed by atoms with Gasteiger partial charge in [0.05, 0.1) is 29.4 Å². The summed E-state index contributed by atoms with van der Waals surface area (Å²) in [5, 5.41) is 10.5. The minimum absolute atomic E-state index is 0.334. The second-order valence-electron chi connectivity index (χ2n) is 7.46. The predicted octanol–water partition coefficient (Wildman–Crippen LogP) is 5.14. The van der Waals surface area contributed by atoms with Crippen LogP contribution in [0.15, 0.2) is 24.4 Å². The number of methoxy groups -OCH3 is 1. The molecule has 0 aliphatic rings. The number of hydrogen-bond donors (Lipinski definition) is 1. The first-order valence-electron chi connectivity index (χ1n) is 9.59. The monoisotopic (exact) mass is 367 g/mol. The van der Waals surface area contributed by atoms with E-state index >= 15 is 0 Å². The third kappa shape index (κ3) is 3.56. The molecule has 3 aromatic rings. The number of aliphatic hydroxyl groups is 1. The van der Waals surface area contributed by atoms with Crippen LogP contribution in [-0.2, 0) is 0 Å². The average molecular weight is 367 g/mol. The molecule has 3 rings (SSSR count). The van der Waals surface area contributed by atoms with Gasteiger partial charge in [-0.2, -0.15) is 0 Å². The van der Waals surface area contributed by atoms with Crippen LogP contribution in [0.1, 0.15) is 62.6 Å². The molecular formula is C22H29N3O2. The van der Waals surface area contributed by atoms with Crippen molar-refractivity contribution in [2.75, 3.05) is 7.11 Å². The zero-order chi connectivity index (χ0) is 19.7. The zero-order valence-corrected chi connectivity index (χ0v) is 17.1. The zero-order valence-electron chi connectivity index (χ0n) is 17.1. The maximum atomic E-state index is 10.5. The molecule has 0 aliphatic heterocycles. The number of aliphatic hydroxyl groups excluding tert-OH is 1. The van der Waals surface area contributed by atoms with Crippen molar-refractivity contribution in [2.45, 2.75) is 59.6 Å². The molecule has 3 heterocycles. The van der Waals surface area contributed by atoms with Crippen LogP contribution in [0, 0.1) is 13.8 Å². The summed E-state index contributed by atoms with van der Waals surface area (Å²) < 4.78 is 7.49. The van der Waals surface area contributed by atoms with E-state index in [4.69, 9.17) is 9.72 Å². The van der Waals surface area contributed by atoms with Crippen molar-refractivity contribution in [3.63, 3.8) is 0 Å². The highest BCUT2D eigenvalue weighted by molar-refractivity contribution is 5.85. The number of aromatic nitrogens is 3. The largest absolute Gasteiger partial charge is 0.480 e. The van der Waals surface area contributed by atoms with E-state index < -0.39 is 6.23 Å². The van der Waals surface area contributed by atoms with Crippen LogP contribution in [0.25, 0.3) is 22.3 Å². The van der Waals surface area contributed by atoms with Gasteiger partial charge in [-0.15, -0.1) is 0 Å². The SMILES string of the molecule is CCCC(O)n1cc(C)c2nc(-c3ccc(C(C)C)nc3OC)c(C)cc21. The summed E-state index contributed by atoms with van der Waals surface area (Å²) >= 11 is 0. The summed E-state index contributed by atoms with van der Waals surface area (Å²) in [5.41, 5.74) is 6.70. The molecule has 0 saturated carbocycles. The van der Waals surface area contributed by atoms with Crippen molar-refractivity contribution in [1.82, 2.24) is 14.5 Å². The summed E-state index contributed by atoms with van der Waals surface area (Å²) in [6, 6.07) is 6.18. The second-order valence-corrected chi connectivity index (χ2v) is 7.46. The minimum atomic E-state index is -0.528. The first-order chi connectivity index (χ1) is 12.9. The molecule has 0 bridgehead atoms. The molecule has 27 heavy (non-hydrogen) atoms. The summed E-state index contributed by atoms with van der Waals surface area (Å²) in [4.78, 5) is 9.60. The fraction of sp³-hybridized carbons (Fsp3) is 0.455. The molecule has 5 heteroatoms. The number of hydrogen-bond acceptors (Lipinski definition) is 4. The van der Waals surface area contributed by atoms with E-state index in [1.54, 1.807) is 7.11 Å². The van der Waals surface area contributed by atoms with E-state index in [2.05, 4.69) is 31.8 Å². The molecule has 0 aromatic carbocycles. The Kier molecular flexibility index (Phi) is 5.51. The molecule has 5 nitrogen and oxygen atoms in total. The van der Waals surface area contributed by atoms with Crippen LogP contribution in [0.5, 0.6) is 5.88 Å². The summed E-state index contributed by atoms with van der Waals surface area (Å²) in [6.07, 6.45) is 3.10. The van der Waals surface area contributed by atoms with Gasteiger partial charge in [0.2, 0.25) is 5.88 Å². The maximum absolute atomic E-state index is 10.5. The fourth-order valence-electron chi connectivity index (χ4n) is 3.45. The minimum Gasteiger partial charge on any atom is -0.480 e. The van der Waals surface area contributed by atoms with E-state index in [0.717, 1.165) is 52.0 Å². The van der Waals surface area contributed by atoms with Crippen molar-refractivity contribution < 1.29 is 9.84 Å². The van der Waals surface area contributed by atoms with E-state index in [1.807, 2.05) is 36.7 Å². The Bertz CT molecular complexity index is 960. The van der Waals surface area contributed by atoms with Crippen LogP contribution in [0.4, 0.5) is 0 Å². The first-order valence-corrected chi connectivity index (χ1v) is 9.59. The molecule has 0 saturated heterocycles. The number of rotatable bonds is 6. The molecule has 0 spiro atoms. The molecule has 1 atom stereocenters. The summed E-state index contributed by atoms with van der Waals surface area (Å²) in [7, 11) is 1.65. The molecule has 0 aliphatic carbocycles. The molecule has 1 unspecified atom stereocenters. The summed E-state index contributed by atoms with van der Waals surface area (Å²) in [5.74, 6) is 0.931. The van der Waals surface area contributed by atoms with Crippen molar-refractivity contribution in [1.29, 1.82) is 0 Å². The molecule has 1 N–H and O–H groups in total. The Labute approximate surface area is 161 Å². The normalized spacial score (nSPS) is 12.7. The van der Waals surface area contributed by atoms with E-state index in [-0.39, 0.29) is 0 Å².